The minimum atomic E-state index is 0.235. The number of azo groups is 1. The van der Waals surface area contributed by atoms with Gasteiger partial charge in [0.2, 0.25) is 5.11 Å². The Balaban J connectivity index is 1.89. The van der Waals surface area contributed by atoms with E-state index >= 15 is 0 Å². The lowest BCUT2D eigenvalue weighted by Crippen LogP contribution is -2.13. The Kier molecular flexibility index (Phi) is 4.49. The SMILES string of the molecule is S=C(N=Nc1ccccc1)NN=C1C=CCC=C1. The van der Waals surface area contributed by atoms with Crippen molar-refractivity contribution in [3.8, 4) is 0 Å². The van der Waals surface area contributed by atoms with Crippen molar-refractivity contribution in [1.29, 1.82) is 0 Å². The number of allylic oxidation sites excluding steroid dienone is 4. The molecule has 0 aromatic heterocycles. The first kappa shape index (κ1) is 12.3. The maximum atomic E-state index is 4.99. The highest BCUT2D eigenvalue weighted by molar-refractivity contribution is 7.80. The summed E-state index contributed by atoms with van der Waals surface area (Å²) in [6, 6.07) is 9.41. The van der Waals surface area contributed by atoms with Crippen molar-refractivity contribution in [3.63, 3.8) is 0 Å². The summed E-state index contributed by atoms with van der Waals surface area (Å²) in [6.45, 7) is 0. The Hall–Kier alpha value is -2.14. The Labute approximate surface area is 111 Å². The molecular formula is C13H12N4S. The molecule has 0 fully saturated rings. The van der Waals surface area contributed by atoms with Crippen molar-refractivity contribution in [3.05, 3.63) is 54.6 Å². The largest absolute Gasteiger partial charge is 0.250 e. The molecule has 1 aromatic rings. The van der Waals surface area contributed by atoms with Gasteiger partial charge in [0.05, 0.1) is 11.4 Å². The molecule has 0 heterocycles. The van der Waals surface area contributed by atoms with Gasteiger partial charge in [-0.3, -0.25) is 5.43 Å². The molecule has 1 aliphatic carbocycles. The number of thiocarbonyl (C=S) groups is 1. The molecule has 4 nitrogen and oxygen atoms in total. The third kappa shape index (κ3) is 4.03. The van der Waals surface area contributed by atoms with Gasteiger partial charge in [0, 0.05) is 0 Å². The normalized spacial score (nSPS) is 13.9. The quantitative estimate of drug-likeness (QED) is 0.500. The zero-order valence-corrected chi connectivity index (χ0v) is 10.5. The number of hydrogen-bond acceptors (Lipinski definition) is 3. The number of nitrogens with zero attached hydrogens (tertiary/aromatic N) is 3. The summed E-state index contributed by atoms with van der Waals surface area (Å²) < 4.78 is 0. The Morgan fingerprint density at radius 1 is 1.11 bits per heavy atom. The molecule has 0 spiro atoms. The minimum absolute atomic E-state index is 0.235. The smallest absolute Gasteiger partial charge is 0.234 e. The molecule has 0 bridgehead atoms. The van der Waals surface area contributed by atoms with E-state index in [2.05, 4.69) is 20.8 Å². The van der Waals surface area contributed by atoms with Gasteiger partial charge >= 0.3 is 0 Å². The fourth-order valence-corrected chi connectivity index (χ4v) is 1.41. The van der Waals surface area contributed by atoms with Gasteiger partial charge in [0.1, 0.15) is 0 Å². The minimum Gasteiger partial charge on any atom is -0.250 e. The molecule has 18 heavy (non-hydrogen) atoms. The van der Waals surface area contributed by atoms with E-state index in [0.29, 0.717) is 0 Å². The summed E-state index contributed by atoms with van der Waals surface area (Å²) in [4.78, 5) is 0. The third-order valence-corrected chi connectivity index (χ3v) is 2.32. The summed E-state index contributed by atoms with van der Waals surface area (Å²) in [5, 5.41) is 12.2. The molecule has 0 saturated carbocycles. The molecule has 90 valence electrons. The van der Waals surface area contributed by atoms with Gasteiger partial charge in [-0.2, -0.15) is 5.10 Å². The summed E-state index contributed by atoms with van der Waals surface area (Å²) in [7, 11) is 0. The molecule has 0 radical (unpaired) electrons. The van der Waals surface area contributed by atoms with Crippen LogP contribution in [0.1, 0.15) is 6.42 Å². The summed E-state index contributed by atoms with van der Waals surface area (Å²) in [6.07, 6.45) is 8.83. The van der Waals surface area contributed by atoms with E-state index in [0.717, 1.165) is 17.8 Å². The van der Waals surface area contributed by atoms with Gasteiger partial charge in [-0.15, -0.1) is 10.2 Å². The topological polar surface area (TPSA) is 49.1 Å². The highest BCUT2D eigenvalue weighted by Gasteiger charge is 1.94. The van der Waals surface area contributed by atoms with Crippen LogP contribution in [0, 0.1) is 0 Å². The molecule has 0 amide bonds. The predicted octanol–water partition coefficient (Wildman–Crippen LogP) is 3.52. The van der Waals surface area contributed by atoms with Crippen molar-refractivity contribution >= 4 is 28.7 Å². The second-order valence-electron chi connectivity index (χ2n) is 3.53. The number of hydrogen-bond donors (Lipinski definition) is 1. The molecule has 2 rings (SSSR count). The average molecular weight is 256 g/mol. The van der Waals surface area contributed by atoms with Gasteiger partial charge in [-0.25, -0.2) is 0 Å². The summed E-state index contributed by atoms with van der Waals surface area (Å²) >= 11 is 4.99. The van der Waals surface area contributed by atoms with Crippen molar-refractivity contribution in [2.75, 3.05) is 0 Å². The lowest BCUT2D eigenvalue weighted by molar-refractivity contribution is 1.02. The first-order valence-corrected chi connectivity index (χ1v) is 5.93. The van der Waals surface area contributed by atoms with Crippen LogP contribution in [0.15, 0.2) is 70.0 Å². The molecule has 1 aromatic carbocycles. The molecule has 1 N–H and O–H groups in total. The standard InChI is InChI=1S/C13H12N4S/c18-13(16-14-11-7-3-1-4-8-11)17-15-12-9-5-2-6-10-12/h1,3-10H,2H2,(H,17,18). The van der Waals surface area contributed by atoms with Crippen molar-refractivity contribution in [2.24, 2.45) is 15.3 Å². The van der Waals surface area contributed by atoms with Gasteiger partial charge in [-0.05, 0) is 42.9 Å². The third-order valence-electron chi connectivity index (χ3n) is 2.14. The fourth-order valence-electron chi connectivity index (χ4n) is 1.32. The lowest BCUT2D eigenvalue weighted by atomic mass is 10.2. The highest BCUT2D eigenvalue weighted by atomic mass is 32.1. The average Bonchev–Trinajstić information content (AvgIpc) is 2.45. The fraction of sp³-hybridized carbons (Fsp3) is 0.0769. The Morgan fingerprint density at radius 2 is 1.83 bits per heavy atom. The van der Waals surface area contributed by atoms with Crippen LogP contribution in [-0.4, -0.2) is 10.8 Å². The van der Waals surface area contributed by atoms with Gasteiger partial charge in [0.15, 0.2) is 0 Å². The number of hydrazone groups is 1. The molecule has 0 unspecified atom stereocenters. The monoisotopic (exact) mass is 256 g/mol. The van der Waals surface area contributed by atoms with E-state index in [9.17, 15) is 0 Å². The highest BCUT2D eigenvalue weighted by Crippen LogP contribution is 2.09. The van der Waals surface area contributed by atoms with E-state index in [1.165, 1.54) is 0 Å². The van der Waals surface area contributed by atoms with Crippen molar-refractivity contribution < 1.29 is 0 Å². The number of benzene rings is 1. The first-order chi connectivity index (χ1) is 8.84. The van der Waals surface area contributed by atoms with Gasteiger partial charge in [0.25, 0.3) is 0 Å². The van der Waals surface area contributed by atoms with E-state index in [-0.39, 0.29) is 5.11 Å². The van der Waals surface area contributed by atoms with Crippen molar-refractivity contribution in [2.45, 2.75) is 6.42 Å². The Bertz CT molecular complexity index is 515. The molecule has 0 atom stereocenters. The van der Waals surface area contributed by atoms with E-state index in [1.807, 2.05) is 54.6 Å². The molecule has 0 saturated heterocycles. The second kappa shape index (κ2) is 6.56. The predicted molar refractivity (Wildman–Crippen MR) is 77.0 cm³/mol. The molecule has 0 aliphatic heterocycles. The van der Waals surface area contributed by atoms with Gasteiger partial charge < -0.3 is 0 Å². The van der Waals surface area contributed by atoms with E-state index in [4.69, 9.17) is 12.2 Å². The lowest BCUT2D eigenvalue weighted by Gasteiger charge is -2.00. The van der Waals surface area contributed by atoms with Gasteiger partial charge in [-0.1, -0.05) is 30.4 Å². The maximum absolute atomic E-state index is 4.99. The molecule has 1 aliphatic rings. The van der Waals surface area contributed by atoms with Crippen LogP contribution < -0.4 is 5.43 Å². The first-order valence-electron chi connectivity index (χ1n) is 5.52. The molecular weight excluding hydrogens is 244 g/mol. The molecule has 5 heteroatoms. The maximum Gasteiger partial charge on any atom is 0.234 e. The second-order valence-corrected chi connectivity index (χ2v) is 3.92. The van der Waals surface area contributed by atoms with E-state index in [1.54, 1.807) is 0 Å². The van der Waals surface area contributed by atoms with Crippen LogP contribution in [0.3, 0.4) is 0 Å². The summed E-state index contributed by atoms with van der Waals surface area (Å²) in [5.41, 5.74) is 4.25. The van der Waals surface area contributed by atoms with Crippen LogP contribution in [0.2, 0.25) is 0 Å². The van der Waals surface area contributed by atoms with E-state index < -0.39 is 0 Å². The zero-order chi connectivity index (χ0) is 12.6. The van der Waals surface area contributed by atoms with Crippen LogP contribution >= 0.6 is 12.2 Å². The zero-order valence-electron chi connectivity index (χ0n) is 9.65. The van der Waals surface area contributed by atoms with Crippen LogP contribution in [0.25, 0.3) is 0 Å². The van der Waals surface area contributed by atoms with Crippen molar-refractivity contribution in [1.82, 2.24) is 5.43 Å². The van der Waals surface area contributed by atoms with Crippen LogP contribution in [0.4, 0.5) is 5.69 Å². The van der Waals surface area contributed by atoms with Crippen LogP contribution in [0.5, 0.6) is 0 Å². The summed E-state index contributed by atoms with van der Waals surface area (Å²) in [5.74, 6) is 0. The number of nitrogens with one attached hydrogen (secondary N) is 1. The van der Waals surface area contributed by atoms with Crippen LogP contribution in [-0.2, 0) is 0 Å². The number of rotatable bonds is 2. The Morgan fingerprint density at radius 3 is 2.56 bits per heavy atom.